The highest BCUT2D eigenvalue weighted by Gasteiger charge is 2.29. The van der Waals surface area contributed by atoms with Crippen LogP contribution in [0, 0.1) is 13.8 Å². The van der Waals surface area contributed by atoms with Crippen LogP contribution in [0.1, 0.15) is 43.4 Å². The summed E-state index contributed by atoms with van der Waals surface area (Å²) in [5.41, 5.74) is 5.83. The van der Waals surface area contributed by atoms with Gasteiger partial charge in [-0.1, -0.05) is 25.1 Å². The molecule has 4 heterocycles. The summed E-state index contributed by atoms with van der Waals surface area (Å²) in [7, 11) is 3.78. The third-order valence-electron chi connectivity index (χ3n) is 9.30. The van der Waals surface area contributed by atoms with Crippen LogP contribution < -0.4 is 20.5 Å². The van der Waals surface area contributed by atoms with E-state index in [0.717, 1.165) is 61.2 Å². The highest BCUT2D eigenvalue weighted by Crippen LogP contribution is 2.35. The minimum atomic E-state index is -0.217. The number of ether oxygens (including phenoxy) is 1. The number of piperazine rings is 1. The Hall–Kier alpha value is -4.44. The number of carbonyl (C=O) groups is 1. The van der Waals surface area contributed by atoms with E-state index >= 15 is 0 Å². The number of piperidine rings is 1. The molecule has 0 spiro atoms. The Kier molecular flexibility index (Phi) is 8.76. The van der Waals surface area contributed by atoms with Gasteiger partial charge in [-0.05, 0) is 69.1 Å². The molecule has 0 bridgehead atoms. The van der Waals surface area contributed by atoms with Gasteiger partial charge in [0.2, 0.25) is 11.9 Å². The lowest BCUT2D eigenvalue weighted by Crippen LogP contribution is -2.44. The summed E-state index contributed by atoms with van der Waals surface area (Å²) >= 11 is 0. The SMILES string of the molecule is CCC(=O)N1CCC[C@H](n2c(=O)c(-c3ccccc3OC)c(C)c3cnc(Nc4ccc(N5CCN(C)CC5)c(C)c4)nc32)C1. The number of anilines is 3. The molecular weight excluding hydrogens is 566 g/mol. The summed E-state index contributed by atoms with van der Waals surface area (Å²) in [5, 5.41) is 4.19. The van der Waals surface area contributed by atoms with Crippen LogP contribution >= 0.6 is 0 Å². The average molecular weight is 610 g/mol. The van der Waals surface area contributed by atoms with E-state index in [1.165, 1.54) is 11.3 Å². The molecule has 2 aliphatic rings. The normalized spacial score (nSPS) is 17.5. The number of likely N-dealkylation sites (N-methyl/N-ethyl adjacent to an activating group) is 1. The molecule has 1 N–H and O–H groups in total. The Morgan fingerprint density at radius 3 is 2.58 bits per heavy atom. The molecule has 236 valence electrons. The minimum Gasteiger partial charge on any atom is -0.496 e. The highest BCUT2D eigenvalue weighted by atomic mass is 16.5. The predicted octanol–water partition coefficient (Wildman–Crippen LogP) is 5.15. The van der Waals surface area contributed by atoms with E-state index in [1.54, 1.807) is 17.9 Å². The molecule has 2 aromatic heterocycles. The first-order valence-electron chi connectivity index (χ1n) is 15.9. The standard InChI is InChI=1S/C35H43N7O3/c1-6-31(43)41-15-9-10-26(22-41)42-33-28(24(3)32(34(42)44)27-11-7-8-12-30(27)45-5)21-36-35(38-33)37-25-13-14-29(23(2)20-25)40-18-16-39(4)17-19-40/h7-8,11-14,20-21,26H,6,9-10,15-19,22H2,1-5H3,(H,36,37,38)/t26-/m0/s1. The number of aryl methyl sites for hydroxylation is 2. The van der Waals surface area contributed by atoms with Crippen molar-refractivity contribution >= 4 is 34.3 Å². The van der Waals surface area contributed by atoms with E-state index in [1.807, 2.05) is 43.0 Å². The smallest absolute Gasteiger partial charge is 0.260 e. The van der Waals surface area contributed by atoms with Crippen LogP contribution in [0.3, 0.4) is 0 Å². The topological polar surface area (TPSA) is 95.8 Å². The van der Waals surface area contributed by atoms with Gasteiger partial charge < -0.3 is 24.8 Å². The van der Waals surface area contributed by atoms with Crippen molar-refractivity contribution in [2.45, 2.75) is 46.1 Å². The van der Waals surface area contributed by atoms with Crippen LogP contribution in [0.4, 0.5) is 17.3 Å². The maximum absolute atomic E-state index is 14.6. The molecule has 2 saturated heterocycles. The van der Waals surface area contributed by atoms with Gasteiger partial charge in [0.25, 0.3) is 5.56 Å². The maximum atomic E-state index is 14.6. The lowest BCUT2D eigenvalue weighted by atomic mass is 9.97. The number of likely N-dealkylation sites (tertiary alicyclic amines) is 1. The Morgan fingerprint density at radius 1 is 1.07 bits per heavy atom. The number of pyridine rings is 1. The first-order valence-corrected chi connectivity index (χ1v) is 15.9. The van der Waals surface area contributed by atoms with Crippen molar-refractivity contribution in [1.82, 2.24) is 24.3 Å². The number of carbonyl (C=O) groups excluding carboxylic acids is 1. The molecule has 0 radical (unpaired) electrons. The van der Waals surface area contributed by atoms with E-state index in [-0.39, 0.29) is 17.5 Å². The number of aromatic nitrogens is 3. The zero-order chi connectivity index (χ0) is 31.7. The number of hydrogen-bond acceptors (Lipinski definition) is 8. The Bertz CT molecular complexity index is 1780. The number of amides is 1. The molecule has 0 unspecified atom stereocenters. The largest absolute Gasteiger partial charge is 0.496 e. The van der Waals surface area contributed by atoms with Gasteiger partial charge in [0, 0.05) is 74.2 Å². The van der Waals surface area contributed by atoms with Gasteiger partial charge in [-0.2, -0.15) is 4.98 Å². The second-order valence-corrected chi connectivity index (χ2v) is 12.2. The van der Waals surface area contributed by atoms with E-state index < -0.39 is 0 Å². The number of hydrogen-bond donors (Lipinski definition) is 1. The van der Waals surface area contributed by atoms with Gasteiger partial charge in [0.15, 0.2) is 0 Å². The van der Waals surface area contributed by atoms with E-state index in [0.29, 0.717) is 42.4 Å². The van der Waals surface area contributed by atoms with Gasteiger partial charge in [0.1, 0.15) is 11.4 Å². The number of fused-ring (bicyclic) bond motifs is 1. The number of benzene rings is 2. The van der Waals surface area contributed by atoms with Gasteiger partial charge in [-0.3, -0.25) is 14.2 Å². The van der Waals surface area contributed by atoms with Gasteiger partial charge in [0.05, 0.1) is 18.7 Å². The molecule has 2 fully saturated rings. The van der Waals surface area contributed by atoms with Crippen LogP contribution in [-0.4, -0.2) is 83.7 Å². The Labute approximate surface area is 264 Å². The second kappa shape index (κ2) is 12.9. The van der Waals surface area contributed by atoms with Gasteiger partial charge in [-0.15, -0.1) is 0 Å². The predicted molar refractivity (Wildman–Crippen MR) is 180 cm³/mol. The van der Waals surface area contributed by atoms with E-state index in [4.69, 9.17) is 14.7 Å². The molecule has 1 atom stereocenters. The van der Waals surface area contributed by atoms with E-state index in [9.17, 15) is 9.59 Å². The fraction of sp³-hybridized carbons (Fsp3) is 0.429. The molecule has 45 heavy (non-hydrogen) atoms. The van der Waals surface area contributed by atoms with Crippen LogP contribution in [-0.2, 0) is 4.79 Å². The number of nitrogens with zero attached hydrogens (tertiary/aromatic N) is 6. The first kappa shape index (κ1) is 30.6. The molecular formula is C35H43N7O3. The van der Waals surface area contributed by atoms with Crippen LogP contribution in [0.25, 0.3) is 22.2 Å². The van der Waals surface area contributed by atoms with Gasteiger partial charge in [-0.25, -0.2) is 4.98 Å². The van der Waals surface area contributed by atoms with Crippen molar-refractivity contribution in [2.24, 2.45) is 0 Å². The zero-order valence-electron chi connectivity index (χ0n) is 27.0. The monoisotopic (exact) mass is 609 g/mol. The molecule has 6 rings (SSSR count). The summed E-state index contributed by atoms with van der Waals surface area (Å²) in [5.74, 6) is 1.15. The van der Waals surface area contributed by atoms with Crippen molar-refractivity contribution < 1.29 is 9.53 Å². The van der Waals surface area contributed by atoms with Crippen molar-refractivity contribution in [1.29, 1.82) is 0 Å². The molecule has 0 saturated carbocycles. The third-order valence-corrected chi connectivity index (χ3v) is 9.30. The van der Waals surface area contributed by atoms with Crippen molar-refractivity contribution in [3.63, 3.8) is 0 Å². The quantitative estimate of drug-likeness (QED) is 0.307. The van der Waals surface area contributed by atoms with Crippen LogP contribution in [0.5, 0.6) is 5.75 Å². The number of rotatable bonds is 7. The molecule has 0 aliphatic carbocycles. The first-order chi connectivity index (χ1) is 21.8. The number of methoxy groups -OCH3 is 1. The van der Waals surface area contributed by atoms with Crippen molar-refractivity contribution in [3.8, 4) is 16.9 Å². The van der Waals surface area contributed by atoms with Gasteiger partial charge >= 0.3 is 0 Å². The average Bonchev–Trinajstić information content (AvgIpc) is 3.05. The summed E-state index contributed by atoms with van der Waals surface area (Å²) in [6, 6.07) is 13.7. The summed E-state index contributed by atoms with van der Waals surface area (Å²) in [4.78, 5) is 43.6. The Balaban J connectivity index is 1.43. The van der Waals surface area contributed by atoms with Crippen molar-refractivity contribution in [2.75, 3.05) is 63.6 Å². The number of nitrogens with one attached hydrogen (secondary N) is 1. The van der Waals surface area contributed by atoms with E-state index in [2.05, 4.69) is 47.3 Å². The van der Waals surface area contributed by atoms with Crippen LogP contribution in [0.2, 0.25) is 0 Å². The fourth-order valence-electron chi connectivity index (χ4n) is 6.78. The van der Waals surface area contributed by atoms with Crippen molar-refractivity contribution in [3.05, 3.63) is 70.1 Å². The summed E-state index contributed by atoms with van der Waals surface area (Å²) < 4.78 is 7.47. The molecule has 2 aliphatic heterocycles. The zero-order valence-corrected chi connectivity index (χ0v) is 27.0. The highest BCUT2D eigenvalue weighted by molar-refractivity contribution is 5.88. The third kappa shape index (κ3) is 5.99. The minimum absolute atomic E-state index is 0.0986. The fourth-order valence-corrected chi connectivity index (χ4v) is 6.78. The Morgan fingerprint density at radius 2 is 1.84 bits per heavy atom. The molecule has 10 nitrogen and oxygen atoms in total. The molecule has 2 aromatic carbocycles. The molecule has 4 aromatic rings. The molecule has 1 amide bonds. The lowest BCUT2D eigenvalue weighted by Gasteiger charge is -2.35. The summed E-state index contributed by atoms with van der Waals surface area (Å²) in [6.07, 6.45) is 3.83. The summed E-state index contributed by atoms with van der Waals surface area (Å²) in [6.45, 7) is 11.2. The van der Waals surface area contributed by atoms with Crippen LogP contribution in [0.15, 0.2) is 53.5 Å². The second-order valence-electron chi connectivity index (χ2n) is 12.2. The lowest BCUT2D eigenvalue weighted by molar-refractivity contribution is -0.132. The molecule has 10 heteroatoms. The maximum Gasteiger partial charge on any atom is 0.260 e. The number of para-hydroxylation sites is 1.